The summed E-state index contributed by atoms with van der Waals surface area (Å²) in [6, 6.07) is 18.2. The quantitative estimate of drug-likeness (QED) is 0.390. The molecule has 0 bridgehead atoms. The van der Waals surface area contributed by atoms with E-state index in [2.05, 4.69) is 26.0 Å². The number of anilines is 1. The molecule has 2 N–H and O–H groups in total. The molecule has 0 unspecified atom stereocenters. The number of nitrogens with one attached hydrogen (secondary N) is 2. The fourth-order valence-corrected chi connectivity index (χ4v) is 5.88. The van der Waals surface area contributed by atoms with E-state index in [0.717, 1.165) is 0 Å². The zero-order valence-electron chi connectivity index (χ0n) is 18.7. The standard InChI is InChI=1S/C25H24BrClFN3O3S/c26-23-18(8-4-10-21(23)28)16-29-35(33,34)22-11-5-9-20(27)24(22)30-19-12-14-31(15-13-19)25(32)17-6-2-1-3-7-17/h1-11,19,29-30H,12-16H2. The van der Waals surface area contributed by atoms with Gasteiger partial charge in [0, 0.05) is 31.2 Å². The first kappa shape index (κ1) is 25.6. The molecular weight excluding hydrogens is 557 g/mol. The van der Waals surface area contributed by atoms with Crippen LogP contribution in [0.2, 0.25) is 5.02 Å². The molecule has 1 saturated heterocycles. The maximum atomic E-state index is 13.8. The molecule has 35 heavy (non-hydrogen) atoms. The first-order chi connectivity index (χ1) is 16.8. The number of carbonyl (C=O) groups is 1. The van der Waals surface area contributed by atoms with E-state index in [-0.39, 0.29) is 32.9 Å². The van der Waals surface area contributed by atoms with E-state index in [1.54, 1.807) is 35.2 Å². The van der Waals surface area contributed by atoms with Crippen molar-refractivity contribution in [1.82, 2.24) is 9.62 Å². The molecule has 3 aromatic rings. The second-order valence-corrected chi connectivity index (χ2v) is 11.2. The number of nitrogens with zero attached hydrogens (tertiary/aromatic N) is 1. The van der Waals surface area contributed by atoms with Gasteiger partial charge in [0.1, 0.15) is 10.7 Å². The molecule has 0 radical (unpaired) electrons. The lowest BCUT2D eigenvalue weighted by atomic mass is 10.0. The van der Waals surface area contributed by atoms with Crippen molar-refractivity contribution in [2.75, 3.05) is 18.4 Å². The Morgan fingerprint density at radius 2 is 1.71 bits per heavy atom. The third-order valence-corrected chi connectivity index (χ3v) is 8.55. The number of hydrogen-bond donors (Lipinski definition) is 2. The second-order valence-electron chi connectivity index (χ2n) is 8.23. The zero-order chi connectivity index (χ0) is 25.0. The van der Waals surface area contributed by atoms with E-state index < -0.39 is 15.8 Å². The van der Waals surface area contributed by atoms with Gasteiger partial charge < -0.3 is 10.2 Å². The third-order valence-electron chi connectivity index (χ3n) is 5.90. The summed E-state index contributed by atoms with van der Waals surface area (Å²) in [5.41, 5.74) is 1.43. The number of piperidine rings is 1. The molecule has 0 atom stereocenters. The van der Waals surface area contributed by atoms with Crippen LogP contribution in [0.25, 0.3) is 0 Å². The minimum atomic E-state index is -3.96. The Balaban J connectivity index is 1.45. The molecule has 10 heteroatoms. The highest BCUT2D eigenvalue weighted by Gasteiger charge is 2.27. The lowest BCUT2D eigenvalue weighted by Crippen LogP contribution is -2.42. The van der Waals surface area contributed by atoms with Crippen LogP contribution in [-0.2, 0) is 16.6 Å². The number of carbonyl (C=O) groups excluding carboxylic acids is 1. The second kappa shape index (κ2) is 11.1. The van der Waals surface area contributed by atoms with Gasteiger partial charge in [-0.2, -0.15) is 0 Å². The van der Waals surface area contributed by atoms with E-state index >= 15 is 0 Å². The van der Waals surface area contributed by atoms with Crippen LogP contribution in [0.15, 0.2) is 76.1 Å². The number of benzene rings is 3. The van der Waals surface area contributed by atoms with Crippen molar-refractivity contribution in [1.29, 1.82) is 0 Å². The van der Waals surface area contributed by atoms with Gasteiger partial charge in [0.15, 0.2) is 0 Å². The van der Waals surface area contributed by atoms with Crippen molar-refractivity contribution >= 4 is 49.1 Å². The number of rotatable bonds is 7. The number of para-hydroxylation sites is 1. The SMILES string of the molecule is O=C(c1ccccc1)N1CCC(Nc2c(Cl)cccc2S(=O)(=O)NCc2cccc(F)c2Br)CC1. The topological polar surface area (TPSA) is 78.5 Å². The molecular formula is C25H24BrClFN3O3S. The smallest absolute Gasteiger partial charge is 0.253 e. The monoisotopic (exact) mass is 579 g/mol. The normalized spacial score (nSPS) is 14.7. The molecule has 4 rings (SSSR count). The van der Waals surface area contributed by atoms with E-state index in [0.29, 0.717) is 42.7 Å². The summed E-state index contributed by atoms with van der Waals surface area (Å²) < 4.78 is 42.8. The number of hydrogen-bond acceptors (Lipinski definition) is 4. The van der Waals surface area contributed by atoms with Gasteiger partial charge in [-0.05, 0) is 64.7 Å². The number of halogens is 3. The molecule has 184 valence electrons. The van der Waals surface area contributed by atoms with Crippen LogP contribution in [0.1, 0.15) is 28.8 Å². The first-order valence-corrected chi connectivity index (χ1v) is 13.7. The minimum Gasteiger partial charge on any atom is -0.380 e. The van der Waals surface area contributed by atoms with Gasteiger partial charge in [0.2, 0.25) is 10.0 Å². The molecule has 3 aromatic carbocycles. The fourth-order valence-electron chi connectivity index (χ4n) is 4.00. The van der Waals surface area contributed by atoms with Crippen molar-refractivity contribution in [3.05, 3.63) is 93.2 Å². The molecule has 6 nitrogen and oxygen atoms in total. The summed E-state index contributed by atoms with van der Waals surface area (Å²) in [4.78, 5) is 14.5. The van der Waals surface area contributed by atoms with Crippen LogP contribution in [0.5, 0.6) is 0 Å². The van der Waals surface area contributed by atoms with Gasteiger partial charge in [0.25, 0.3) is 5.91 Å². The number of amides is 1. The number of likely N-dealkylation sites (tertiary alicyclic amines) is 1. The molecule has 0 saturated carbocycles. The highest BCUT2D eigenvalue weighted by molar-refractivity contribution is 9.10. The molecule has 1 fully saturated rings. The Kier molecular flexibility index (Phi) is 8.11. The summed E-state index contributed by atoms with van der Waals surface area (Å²) in [5, 5.41) is 3.56. The average molecular weight is 581 g/mol. The summed E-state index contributed by atoms with van der Waals surface area (Å²) in [6.07, 6.45) is 1.29. The predicted molar refractivity (Wildman–Crippen MR) is 139 cm³/mol. The first-order valence-electron chi connectivity index (χ1n) is 11.1. The highest BCUT2D eigenvalue weighted by atomic mass is 79.9. The maximum absolute atomic E-state index is 13.8. The Labute approximate surface area is 217 Å². The Hall–Kier alpha value is -2.46. The molecule has 0 spiro atoms. The van der Waals surface area contributed by atoms with Gasteiger partial charge in [-0.25, -0.2) is 17.5 Å². The molecule has 1 amide bonds. The average Bonchev–Trinajstić information content (AvgIpc) is 2.86. The lowest BCUT2D eigenvalue weighted by Gasteiger charge is -2.33. The largest absolute Gasteiger partial charge is 0.380 e. The van der Waals surface area contributed by atoms with Gasteiger partial charge >= 0.3 is 0 Å². The van der Waals surface area contributed by atoms with Crippen LogP contribution in [0, 0.1) is 5.82 Å². The van der Waals surface area contributed by atoms with Crippen molar-refractivity contribution < 1.29 is 17.6 Å². The van der Waals surface area contributed by atoms with Crippen LogP contribution in [-0.4, -0.2) is 38.4 Å². The van der Waals surface area contributed by atoms with Crippen molar-refractivity contribution in [3.63, 3.8) is 0 Å². The fraction of sp³-hybridized carbons (Fsp3) is 0.240. The summed E-state index contributed by atoms with van der Waals surface area (Å²) in [6.45, 7) is 1.00. The van der Waals surface area contributed by atoms with E-state index in [1.807, 2.05) is 18.2 Å². The minimum absolute atomic E-state index is 0.0142. The van der Waals surface area contributed by atoms with Crippen LogP contribution in [0.4, 0.5) is 10.1 Å². The Morgan fingerprint density at radius 1 is 1.03 bits per heavy atom. The third kappa shape index (κ3) is 6.03. The van der Waals surface area contributed by atoms with E-state index in [4.69, 9.17) is 11.6 Å². The molecule has 1 aliphatic rings. The molecule has 1 aliphatic heterocycles. The van der Waals surface area contributed by atoms with Crippen molar-refractivity contribution in [2.45, 2.75) is 30.3 Å². The van der Waals surface area contributed by atoms with Gasteiger partial charge in [-0.1, -0.05) is 48.0 Å². The zero-order valence-corrected chi connectivity index (χ0v) is 21.8. The molecule has 0 aliphatic carbocycles. The molecule has 0 aromatic heterocycles. The van der Waals surface area contributed by atoms with Gasteiger partial charge in [-0.15, -0.1) is 0 Å². The predicted octanol–water partition coefficient (Wildman–Crippen LogP) is 5.44. The van der Waals surface area contributed by atoms with Crippen LogP contribution in [0.3, 0.4) is 0 Å². The van der Waals surface area contributed by atoms with Gasteiger partial charge in [0.05, 0.1) is 15.2 Å². The summed E-state index contributed by atoms with van der Waals surface area (Å²) >= 11 is 9.56. The van der Waals surface area contributed by atoms with Gasteiger partial charge in [-0.3, -0.25) is 4.79 Å². The maximum Gasteiger partial charge on any atom is 0.253 e. The van der Waals surface area contributed by atoms with Crippen molar-refractivity contribution in [3.8, 4) is 0 Å². The highest BCUT2D eigenvalue weighted by Crippen LogP contribution is 2.32. The van der Waals surface area contributed by atoms with E-state index in [9.17, 15) is 17.6 Å². The summed E-state index contributed by atoms with van der Waals surface area (Å²) in [7, 11) is -3.96. The van der Waals surface area contributed by atoms with Crippen molar-refractivity contribution in [2.24, 2.45) is 0 Å². The van der Waals surface area contributed by atoms with Crippen LogP contribution >= 0.6 is 27.5 Å². The molecule has 1 heterocycles. The van der Waals surface area contributed by atoms with Crippen LogP contribution < -0.4 is 10.0 Å². The van der Waals surface area contributed by atoms with E-state index in [1.165, 1.54) is 18.2 Å². The summed E-state index contributed by atoms with van der Waals surface area (Å²) in [5.74, 6) is -0.485. The number of sulfonamides is 1. The lowest BCUT2D eigenvalue weighted by molar-refractivity contribution is 0.0718. The Morgan fingerprint density at radius 3 is 2.43 bits per heavy atom. The Bertz CT molecular complexity index is 1320.